The normalized spacial score (nSPS) is 11.0. The van der Waals surface area contributed by atoms with Gasteiger partial charge in [0.15, 0.2) is 0 Å². The summed E-state index contributed by atoms with van der Waals surface area (Å²) < 4.78 is 25.5. The van der Waals surface area contributed by atoms with Gasteiger partial charge in [-0.2, -0.15) is 0 Å². The molecular weight excluding hydrogens is 314 g/mol. The van der Waals surface area contributed by atoms with Crippen LogP contribution in [0.25, 0.3) is 0 Å². The quantitative estimate of drug-likeness (QED) is 0.750. The SMILES string of the molecule is CNS(=O)(=O)c1ccc(CNC(=O)NCc2ccccc2)cc1. The molecule has 0 aliphatic rings. The van der Waals surface area contributed by atoms with Crippen molar-refractivity contribution in [3.8, 4) is 0 Å². The molecule has 0 aliphatic carbocycles. The summed E-state index contributed by atoms with van der Waals surface area (Å²) in [7, 11) is -2.07. The van der Waals surface area contributed by atoms with E-state index in [2.05, 4.69) is 15.4 Å². The lowest BCUT2D eigenvalue weighted by atomic mass is 10.2. The molecular formula is C16H19N3O3S. The summed E-state index contributed by atoms with van der Waals surface area (Å²) in [6.45, 7) is 0.770. The van der Waals surface area contributed by atoms with Gasteiger partial charge < -0.3 is 10.6 Å². The number of hydrogen-bond acceptors (Lipinski definition) is 3. The van der Waals surface area contributed by atoms with Gasteiger partial charge >= 0.3 is 6.03 Å². The highest BCUT2D eigenvalue weighted by Crippen LogP contribution is 2.09. The minimum atomic E-state index is -3.44. The summed E-state index contributed by atoms with van der Waals surface area (Å²) >= 11 is 0. The Kier molecular flexibility index (Phi) is 5.72. The molecule has 0 saturated carbocycles. The van der Waals surface area contributed by atoms with Gasteiger partial charge in [-0.15, -0.1) is 0 Å². The van der Waals surface area contributed by atoms with Crippen LogP contribution < -0.4 is 15.4 Å². The molecule has 7 heteroatoms. The van der Waals surface area contributed by atoms with E-state index in [0.29, 0.717) is 13.1 Å². The van der Waals surface area contributed by atoms with E-state index in [9.17, 15) is 13.2 Å². The number of sulfonamides is 1. The van der Waals surface area contributed by atoms with Crippen LogP contribution in [0.2, 0.25) is 0 Å². The highest BCUT2D eigenvalue weighted by molar-refractivity contribution is 7.89. The van der Waals surface area contributed by atoms with E-state index < -0.39 is 10.0 Å². The fraction of sp³-hybridized carbons (Fsp3) is 0.188. The fourth-order valence-electron chi connectivity index (χ4n) is 1.93. The molecule has 2 rings (SSSR count). The maximum Gasteiger partial charge on any atom is 0.315 e. The third-order valence-electron chi connectivity index (χ3n) is 3.25. The zero-order valence-electron chi connectivity index (χ0n) is 12.7. The first-order valence-electron chi connectivity index (χ1n) is 7.09. The average molecular weight is 333 g/mol. The van der Waals surface area contributed by atoms with Crippen molar-refractivity contribution in [3.63, 3.8) is 0 Å². The van der Waals surface area contributed by atoms with Crippen LogP contribution in [0.3, 0.4) is 0 Å². The first-order valence-corrected chi connectivity index (χ1v) is 8.58. The van der Waals surface area contributed by atoms with Gasteiger partial charge in [0.2, 0.25) is 10.0 Å². The van der Waals surface area contributed by atoms with Crippen molar-refractivity contribution in [2.75, 3.05) is 7.05 Å². The highest BCUT2D eigenvalue weighted by atomic mass is 32.2. The van der Waals surface area contributed by atoms with Crippen molar-refractivity contribution in [1.29, 1.82) is 0 Å². The van der Waals surface area contributed by atoms with Crippen LogP contribution in [0, 0.1) is 0 Å². The van der Waals surface area contributed by atoms with E-state index in [1.807, 2.05) is 30.3 Å². The van der Waals surface area contributed by atoms with Gasteiger partial charge in [-0.1, -0.05) is 42.5 Å². The predicted octanol–water partition coefficient (Wildman–Crippen LogP) is 1.59. The molecule has 122 valence electrons. The van der Waals surface area contributed by atoms with Crippen LogP contribution in [-0.2, 0) is 23.1 Å². The molecule has 0 saturated heterocycles. The minimum absolute atomic E-state index is 0.192. The van der Waals surface area contributed by atoms with Crippen LogP contribution in [0.1, 0.15) is 11.1 Å². The molecule has 2 aromatic rings. The number of hydrogen-bond donors (Lipinski definition) is 3. The van der Waals surface area contributed by atoms with Crippen LogP contribution in [0.5, 0.6) is 0 Å². The van der Waals surface area contributed by atoms with Crippen LogP contribution in [0.15, 0.2) is 59.5 Å². The second-order valence-corrected chi connectivity index (χ2v) is 6.76. The molecule has 0 atom stereocenters. The lowest BCUT2D eigenvalue weighted by Crippen LogP contribution is -2.34. The summed E-state index contributed by atoms with van der Waals surface area (Å²) in [6, 6.07) is 15.7. The van der Waals surface area contributed by atoms with Gasteiger partial charge in [-0.05, 0) is 30.3 Å². The van der Waals surface area contributed by atoms with Crippen molar-refractivity contribution >= 4 is 16.1 Å². The Labute approximate surface area is 136 Å². The Bertz CT molecular complexity index is 744. The van der Waals surface area contributed by atoms with Gasteiger partial charge in [0.1, 0.15) is 0 Å². The number of urea groups is 1. The maximum atomic E-state index is 11.7. The second kappa shape index (κ2) is 7.75. The molecule has 0 aliphatic heterocycles. The topological polar surface area (TPSA) is 87.3 Å². The Morgan fingerprint density at radius 3 is 1.91 bits per heavy atom. The van der Waals surface area contributed by atoms with Gasteiger partial charge in [0.25, 0.3) is 0 Å². The maximum absolute atomic E-state index is 11.7. The van der Waals surface area contributed by atoms with Crippen LogP contribution in [-0.4, -0.2) is 21.5 Å². The third-order valence-corrected chi connectivity index (χ3v) is 4.68. The van der Waals surface area contributed by atoms with Gasteiger partial charge in [-0.25, -0.2) is 17.9 Å². The Morgan fingerprint density at radius 1 is 0.870 bits per heavy atom. The van der Waals surface area contributed by atoms with E-state index in [4.69, 9.17) is 0 Å². The lowest BCUT2D eigenvalue weighted by Gasteiger charge is -2.08. The van der Waals surface area contributed by atoms with Crippen LogP contribution in [0.4, 0.5) is 4.79 Å². The summed E-state index contributed by atoms with van der Waals surface area (Å²) in [4.78, 5) is 11.9. The van der Waals surface area contributed by atoms with Crippen molar-refractivity contribution in [2.45, 2.75) is 18.0 Å². The monoisotopic (exact) mass is 333 g/mol. The number of amides is 2. The second-order valence-electron chi connectivity index (χ2n) is 4.87. The number of carbonyl (C=O) groups is 1. The molecule has 0 heterocycles. The molecule has 2 amide bonds. The van der Waals surface area contributed by atoms with E-state index >= 15 is 0 Å². The van der Waals surface area contributed by atoms with Crippen molar-refractivity contribution in [3.05, 3.63) is 65.7 Å². The largest absolute Gasteiger partial charge is 0.334 e. The zero-order chi connectivity index (χ0) is 16.7. The molecule has 0 spiro atoms. The van der Waals surface area contributed by atoms with Gasteiger partial charge in [0.05, 0.1) is 4.90 Å². The lowest BCUT2D eigenvalue weighted by molar-refractivity contribution is 0.240. The molecule has 6 nitrogen and oxygen atoms in total. The number of nitrogens with one attached hydrogen (secondary N) is 3. The third kappa shape index (κ3) is 5.08. The first kappa shape index (κ1) is 17.0. The minimum Gasteiger partial charge on any atom is -0.334 e. The van der Waals surface area contributed by atoms with Gasteiger partial charge in [0, 0.05) is 13.1 Å². The van der Waals surface area contributed by atoms with Crippen molar-refractivity contribution < 1.29 is 13.2 Å². The summed E-state index contributed by atoms with van der Waals surface area (Å²) in [5, 5.41) is 5.48. The predicted molar refractivity (Wildman–Crippen MR) is 88.2 cm³/mol. The molecule has 0 unspecified atom stereocenters. The van der Waals surface area contributed by atoms with Crippen LogP contribution >= 0.6 is 0 Å². The molecule has 0 radical (unpaired) electrons. The van der Waals surface area contributed by atoms with E-state index in [0.717, 1.165) is 11.1 Å². The average Bonchev–Trinajstić information content (AvgIpc) is 2.59. The summed E-state index contributed by atoms with van der Waals surface area (Å²) in [6.07, 6.45) is 0. The smallest absolute Gasteiger partial charge is 0.315 e. The number of benzene rings is 2. The van der Waals surface area contributed by atoms with Crippen molar-refractivity contribution in [1.82, 2.24) is 15.4 Å². The standard InChI is InChI=1S/C16H19N3O3S/c1-17-23(21,22)15-9-7-14(8-10-15)12-19-16(20)18-11-13-5-3-2-4-6-13/h2-10,17H,11-12H2,1H3,(H2,18,19,20). The number of carbonyl (C=O) groups excluding carboxylic acids is 1. The molecule has 23 heavy (non-hydrogen) atoms. The Hall–Kier alpha value is -2.38. The fourth-order valence-corrected chi connectivity index (χ4v) is 2.66. The first-order chi connectivity index (χ1) is 11.0. The van der Waals surface area contributed by atoms with E-state index in [1.165, 1.54) is 19.2 Å². The van der Waals surface area contributed by atoms with Gasteiger partial charge in [-0.3, -0.25) is 0 Å². The molecule has 0 fully saturated rings. The molecule has 3 N–H and O–H groups in total. The summed E-state index contributed by atoms with van der Waals surface area (Å²) in [5.74, 6) is 0. The summed E-state index contributed by atoms with van der Waals surface area (Å²) in [5.41, 5.74) is 1.83. The zero-order valence-corrected chi connectivity index (χ0v) is 13.6. The van der Waals surface area contributed by atoms with E-state index in [-0.39, 0.29) is 10.9 Å². The van der Waals surface area contributed by atoms with Crippen molar-refractivity contribution in [2.24, 2.45) is 0 Å². The number of rotatable bonds is 6. The Morgan fingerprint density at radius 2 is 1.39 bits per heavy atom. The molecule has 0 aromatic heterocycles. The molecule has 0 bridgehead atoms. The molecule has 2 aromatic carbocycles. The van der Waals surface area contributed by atoms with E-state index in [1.54, 1.807) is 12.1 Å². The Balaban J connectivity index is 1.82. The highest BCUT2D eigenvalue weighted by Gasteiger charge is 2.10.